The molecule has 0 aliphatic heterocycles. The van der Waals surface area contributed by atoms with Gasteiger partial charge in [0.05, 0.1) is 0 Å². The number of aliphatic hydroxyl groups is 2. The number of hydrogen-bond acceptors (Lipinski definition) is 2. The highest BCUT2D eigenvalue weighted by molar-refractivity contribution is 5.14. The monoisotopic (exact) mass is 180 g/mol. The first-order chi connectivity index (χ1) is 6.20. The van der Waals surface area contributed by atoms with Crippen molar-refractivity contribution in [3.8, 4) is 0 Å². The first kappa shape index (κ1) is 10.2. The molecule has 13 heavy (non-hydrogen) atoms. The van der Waals surface area contributed by atoms with Crippen LogP contribution in [0.1, 0.15) is 18.9 Å². The van der Waals surface area contributed by atoms with E-state index in [2.05, 4.69) is 12.1 Å². The van der Waals surface area contributed by atoms with Crippen LogP contribution in [0.2, 0.25) is 0 Å². The van der Waals surface area contributed by atoms with Crippen molar-refractivity contribution in [2.24, 2.45) is 5.92 Å². The third kappa shape index (κ3) is 3.57. The van der Waals surface area contributed by atoms with Gasteiger partial charge in [0.2, 0.25) is 0 Å². The van der Waals surface area contributed by atoms with Crippen LogP contribution in [0.3, 0.4) is 0 Å². The topological polar surface area (TPSA) is 40.5 Å². The highest BCUT2D eigenvalue weighted by atomic mass is 16.5. The lowest BCUT2D eigenvalue weighted by molar-refractivity contribution is -0.0801. The Morgan fingerprint density at radius 3 is 2.31 bits per heavy atom. The second-order valence-corrected chi connectivity index (χ2v) is 3.42. The van der Waals surface area contributed by atoms with E-state index in [9.17, 15) is 0 Å². The Morgan fingerprint density at radius 2 is 1.77 bits per heavy atom. The number of hydrogen-bond donors (Lipinski definition) is 2. The fourth-order valence-electron chi connectivity index (χ4n) is 1.19. The van der Waals surface area contributed by atoms with Gasteiger partial charge in [0.1, 0.15) is 0 Å². The normalized spacial score (nSPS) is 13.2. The van der Waals surface area contributed by atoms with E-state index < -0.39 is 6.29 Å². The summed E-state index contributed by atoms with van der Waals surface area (Å²) in [6, 6.07) is 10.1. The zero-order chi connectivity index (χ0) is 9.68. The van der Waals surface area contributed by atoms with Gasteiger partial charge >= 0.3 is 0 Å². The molecule has 0 radical (unpaired) electrons. The van der Waals surface area contributed by atoms with Crippen molar-refractivity contribution < 1.29 is 10.2 Å². The molecule has 0 fully saturated rings. The maximum atomic E-state index is 8.85. The molecule has 2 N–H and O–H groups in total. The summed E-state index contributed by atoms with van der Waals surface area (Å²) in [4.78, 5) is 0. The molecule has 72 valence electrons. The summed E-state index contributed by atoms with van der Waals surface area (Å²) >= 11 is 0. The molecule has 1 aromatic carbocycles. The van der Waals surface area contributed by atoms with Gasteiger partial charge in [-0.15, -0.1) is 0 Å². The van der Waals surface area contributed by atoms with Crippen LogP contribution in [-0.2, 0) is 6.42 Å². The van der Waals surface area contributed by atoms with Crippen LogP contribution in [0.15, 0.2) is 30.3 Å². The van der Waals surface area contributed by atoms with Crippen LogP contribution in [0.5, 0.6) is 0 Å². The summed E-state index contributed by atoms with van der Waals surface area (Å²) in [5.74, 6) is -0.0554. The zero-order valence-corrected chi connectivity index (χ0v) is 7.85. The summed E-state index contributed by atoms with van der Waals surface area (Å²) in [5, 5.41) is 17.7. The van der Waals surface area contributed by atoms with Gasteiger partial charge in [-0.3, -0.25) is 0 Å². The Kier molecular flexibility index (Phi) is 3.93. The zero-order valence-electron chi connectivity index (χ0n) is 7.85. The molecule has 1 aromatic rings. The molecule has 1 unspecified atom stereocenters. The molecule has 0 aliphatic carbocycles. The van der Waals surface area contributed by atoms with Gasteiger partial charge in [-0.2, -0.15) is 0 Å². The maximum absolute atomic E-state index is 8.85. The lowest BCUT2D eigenvalue weighted by atomic mass is 10.0. The Bertz CT molecular complexity index is 231. The highest BCUT2D eigenvalue weighted by Crippen LogP contribution is 2.11. The molecule has 2 heteroatoms. The van der Waals surface area contributed by atoms with Crippen molar-refractivity contribution >= 4 is 0 Å². The fourth-order valence-corrected chi connectivity index (χ4v) is 1.19. The van der Waals surface area contributed by atoms with E-state index in [4.69, 9.17) is 10.2 Å². The SMILES string of the molecule is CC(CCc1ccccc1)C(O)O. The standard InChI is InChI=1S/C11H16O2/c1-9(11(12)13)7-8-10-5-3-2-4-6-10/h2-6,9,11-13H,7-8H2,1H3. The van der Waals surface area contributed by atoms with Gasteiger partial charge in [-0.05, 0) is 18.4 Å². The Morgan fingerprint density at radius 1 is 1.15 bits per heavy atom. The third-order valence-electron chi connectivity index (χ3n) is 2.24. The lowest BCUT2D eigenvalue weighted by Gasteiger charge is -2.12. The highest BCUT2D eigenvalue weighted by Gasteiger charge is 2.09. The summed E-state index contributed by atoms with van der Waals surface area (Å²) in [7, 11) is 0. The van der Waals surface area contributed by atoms with E-state index in [0.717, 1.165) is 12.8 Å². The van der Waals surface area contributed by atoms with Gasteiger partial charge in [0.15, 0.2) is 6.29 Å². The predicted octanol–water partition coefficient (Wildman–Crippen LogP) is 1.57. The average Bonchev–Trinajstić information content (AvgIpc) is 2.15. The number of rotatable bonds is 4. The van der Waals surface area contributed by atoms with Crippen LogP contribution in [-0.4, -0.2) is 16.5 Å². The molecule has 2 nitrogen and oxygen atoms in total. The van der Waals surface area contributed by atoms with Crippen LogP contribution < -0.4 is 0 Å². The molecule has 0 bridgehead atoms. The second kappa shape index (κ2) is 5.00. The summed E-state index contributed by atoms with van der Waals surface area (Å²) in [6.45, 7) is 1.84. The van der Waals surface area contributed by atoms with Crippen molar-refractivity contribution in [1.29, 1.82) is 0 Å². The van der Waals surface area contributed by atoms with Gasteiger partial charge in [0, 0.05) is 5.92 Å². The minimum Gasteiger partial charge on any atom is -0.368 e. The molecular formula is C11H16O2. The molecule has 0 aromatic heterocycles. The Labute approximate surface area is 78.8 Å². The molecule has 0 saturated carbocycles. The second-order valence-electron chi connectivity index (χ2n) is 3.42. The van der Waals surface area contributed by atoms with Crippen molar-refractivity contribution in [1.82, 2.24) is 0 Å². The van der Waals surface area contributed by atoms with E-state index in [1.807, 2.05) is 25.1 Å². The van der Waals surface area contributed by atoms with Crippen LogP contribution in [0, 0.1) is 5.92 Å². The summed E-state index contributed by atoms with van der Waals surface area (Å²) < 4.78 is 0. The molecule has 1 rings (SSSR count). The van der Waals surface area contributed by atoms with Gasteiger partial charge < -0.3 is 10.2 Å². The van der Waals surface area contributed by atoms with Crippen molar-refractivity contribution in [3.63, 3.8) is 0 Å². The smallest absolute Gasteiger partial charge is 0.154 e. The molecular weight excluding hydrogens is 164 g/mol. The number of aliphatic hydroxyl groups excluding tert-OH is 1. The largest absolute Gasteiger partial charge is 0.368 e. The van der Waals surface area contributed by atoms with Crippen LogP contribution in [0.4, 0.5) is 0 Å². The first-order valence-corrected chi connectivity index (χ1v) is 4.60. The molecule has 0 aliphatic rings. The van der Waals surface area contributed by atoms with E-state index in [1.165, 1.54) is 5.56 Å². The summed E-state index contributed by atoms with van der Waals surface area (Å²) in [6.07, 6.45) is 0.519. The van der Waals surface area contributed by atoms with E-state index >= 15 is 0 Å². The minimum absolute atomic E-state index is 0.0554. The maximum Gasteiger partial charge on any atom is 0.154 e. The number of benzene rings is 1. The van der Waals surface area contributed by atoms with Gasteiger partial charge in [0.25, 0.3) is 0 Å². The van der Waals surface area contributed by atoms with Gasteiger partial charge in [-0.25, -0.2) is 0 Å². The van der Waals surface area contributed by atoms with Crippen molar-refractivity contribution in [2.45, 2.75) is 26.1 Å². The molecule has 0 amide bonds. The number of aryl methyl sites for hydroxylation is 1. The predicted molar refractivity (Wildman–Crippen MR) is 52.2 cm³/mol. The molecule has 0 spiro atoms. The van der Waals surface area contributed by atoms with E-state index in [-0.39, 0.29) is 5.92 Å². The Balaban J connectivity index is 2.35. The average molecular weight is 180 g/mol. The molecule has 0 heterocycles. The molecule has 1 atom stereocenters. The van der Waals surface area contributed by atoms with Gasteiger partial charge in [-0.1, -0.05) is 37.3 Å². The quantitative estimate of drug-likeness (QED) is 0.690. The first-order valence-electron chi connectivity index (χ1n) is 4.60. The van der Waals surface area contributed by atoms with Crippen LogP contribution in [0.25, 0.3) is 0 Å². The Hall–Kier alpha value is -0.860. The lowest BCUT2D eigenvalue weighted by Crippen LogP contribution is -2.16. The van der Waals surface area contributed by atoms with Crippen molar-refractivity contribution in [2.75, 3.05) is 0 Å². The fraction of sp³-hybridized carbons (Fsp3) is 0.455. The van der Waals surface area contributed by atoms with E-state index in [0.29, 0.717) is 0 Å². The molecule has 0 saturated heterocycles. The third-order valence-corrected chi connectivity index (χ3v) is 2.24. The van der Waals surface area contributed by atoms with E-state index in [1.54, 1.807) is 0 Å². The minimum atomic E-state index is -1.19. The summed E-state index contributed by atoms with van der Waals surface area (Å²) in [5.41, 5.74) is 1.25. The van der Waals surface area contributed by atoms with Crippen molar-refractivity contribution in [3.05, 3.63) is 35.9 Å². The van der Waals surface area contributed by atoms with Crippen LogP contribution >= 0.6 is 0 Å².